The highest BCUT2D eigenvalue weighted by atomic mass is 15.2. The molecule has 0 aliphatic carbocycles. The first-order valence-electron chi connectivity index (χ1n) is 5.23. The monoisotopic (exact) mass is 169 g/mol. The maximum Gasteiger partial charge on any atom is 0.00671 e. The third-order valence-electron chi connectivity index (χ3n) is 2.62. The molecular formula is C11H23N. The van der Waals surface area contributed by atoms with Gasteiger partial charge in [0.1, 0.15) is 0 Å². The summed E-state index contributed by atoms with van der Waals surface area (Å²) < 4.78 is 0. The summed E-state index contributed by atoms with van der Waals surface area (Å²) in [6.07, 6.45) is 4.23. The van der Waals surface area contributed by atoms with E-state index < -0.39 is 0 Å². The molecule has 72 valence electrons. The Morgan fingerprint density at radius 3 is 2.42 bits per heavy atom. The van der Waals surface area contributed by atoms with Crippen LogP contribution in [0.25, 0.3) is 0 Å². The molecule has 0 amide bonds. The lowest BCUT2D eigenvalue weighted by Crippen LogP contribution is -2.42. The van der Waals surface area contributed by atoms with Crippen LogP contribution in [0.1, 0.15) is 47.0 Å². The SMILES string of the molecule is C[C@H]1CCCCN1CC(C)(C)C. The van der Waals surface area contributed by atoms with E-state index in [9.17, 15) is 0 Å². The summed E-state index contributed by atoms with van der Waals surface area (Å²) in [5.74, 6) is 0. The summed E-state index contributed by atoms with van der Waals surface area (Å²) >= 11 is 0. The average molecular weight is 169 g/mol. The average Bonchev–Trinajstić information content (AvgIpc) is 1.91. The van der Waals surface area contributed by atoms with Crippen LogP contribution in [0.2, 0.25) is 0 Å². The second kappa shape index (κ2) is 3.78. The predicted molar refractivity (Wildman–Crippen MR) is 54.3 cm³/mol. The smallest absolute Gasteiger partial charge is 0.00671 e. The second-order valence-corrected chi connectivity index (χ2v) is 5.38. The minimum Gasteiger partial charge on any atom is -0.300 e. The molecule has 0 saturated carbocycles. The van der Waals surface area contributed by atoms with Crippen LogP contribution in [0.4, 0.5) is 0 Å². The number of nitrogens with zero attached hydrogens (tertiary/aromatic N) is 1. The van der Waals surface area contributed by atoms with Crippen LogP contribution < -0.4 is 0 Å². The molecule has 1 nitrogen and oxygen atoms in total. The number of hydrogen-bond acceptors (Lipinski definition) is 1. The van der Waals surface area contributed by atoms with Gasteiger partial charge in [-0.1, -0.05) is 27.2 Å². The molecule has 0 spiro atoms. The molecule has 0 unspecified atom stereocenters. The van der Waals surface area contributed by atoms with Gasteiger partial charge < -0.3 is 4.90 Å². The van der Waals surface area contributed by atoms with Crippen LogP contribution in [0, 0.1) is 5.41 Å². The van der Waals surface area contributed by atoms with Gasteiger partial charge in [0.25, 0.3) is 0 Å². The Morgan fingerprint density at radius 1 is 1.25 bits per heavy atom. The molecule has 0 aromatic heterocycles. The topological polar surface area (TPSA) is 3.24 Å². The van der Waals surface area contributed by atoms with Gasteiger partial charge in [-0.2, -0.15) is 0 Å². The van der Waals surface area contributed by atoms with E-state index >= 15 is 0 Å². The van der Waals surface area contributed by atoms with Gasteiger partial charge >= 0.3 is 0 Å². The lowest BCUT2D eigenvalue weighted by molar-refractivity contribution is 0.113. The van der Waals surface area contributed by atoms with Crippen LogP contribution in [0.3, 0.4) is 0 Å². The Bertz CT molecular complexity index is 134. The van der Waals surface area contributed by atoms with Gasteiger partial charge in [-0.25, -0.2) is 0 Å². The van der Waals surface area contributed by atoms with Gasteiger partial charge in [-0.05, 0) is 31.7 Å². The third-order valence-corrected chi connectivity index (χ3v) is 2.62. The Labute approximate surface area is 77.1 Å². The van der Waals surface area contributed by atoms with E-state index in [2.05, 4.69) is 32.6 Å². The lowest BCUT2D eigenvalue weighted by atomic mass is 9.93. The van der Waals surface area contributed by atoms with E-state index in [0.29, 0.717) is 5.41 Å². The summed E-state index contributed by atoms with van der Waals surface area (Å²) in [6, 6.07) is 0.818. The highest BCUT2D eigenvalue weighted by Crippen LogP contribution is 2.22. The molecule has 1 heteroatoms. The first-order valence-corrected chi connectivity index (χ1v) is 5.23. The van der Waals surface area contributed by atoms with Crippen molar-refractivity contribution in [3.05, 3.63) is 0 Å². The normalized spacial score (nSPS) is 27.5. The van der Waals surface area contributed by atoms with Gasteiger partial charge in [0, 0.05) is 12.6 Å². The van der Waals surface area contributed by atoms with Crippen molar-refractivity contribution >= 4 is 0 Å². The standard InChI is InChI=1S/C11H23N/c1-10-7-5-6-8-12(10)9-11(2,3)4/h10H,5-9H2,1-4H3/t10-/m0/s1. The van der Waals surface area contributed by atoms with Crippen molar-refractivity contribution in [2.24, 2.45) is 5.41 Å². The van der Waals surface area contributed by atoms with Crippen molar-refractivity contribution in [1.82, 2.24) is 4.90 Å². The van der Waals surface area contributed by atoms with Crippen molar-refractivity contribution in [2.45, 2.75) is 53.0 Å². The van der Waals surface area contributed by atoms with Gasteiger partial charge in [0.2, 0.25) is 0 Å². The van der Waals surface area contributed by atoms with Crippen molar-refractivity contribution in [2.75, 3.05) is 13.1 Å². The molecule has 1 aliphatic rings. The summed E-state index contributed by atoms with van der Waals surface area (Å²) in [5.41, 5.74) is 0.464. The number of hydrogen-bond donors (Lipinski definition) is 0. The molecule has 0 N–H and O–H groups in total. The number of piperidine rings is 1. The van der Waals surface area contributed by atoms with Crippen LogP contribution in [-0.4, -0.2) is 24.0 Å². The summed E-state index contributed by atoms with van der Waals surface area (Å²) in [6.45, 7) is 11.9. The molecule has 1 saturated heterocycles. The molecule has 0 aromatic rings. The third kappa shape index (κ3) is 3.14. The van der Waals surface area contributed by atoms with E-state index in [1.54, 1.807) is 0 Å². The second-order valence-electron chi connectivity index (χ2n) is 5.38. The van der Waals surface area contributed by atoms with Crippen LogP contribution >= 0.6 is 0 Å². The van der Waals surface area contributed by atoms with E-state index in [4.69, 9.17) is 0 Å². The molecule has 0 radical (unpaired) electrons. The van der Waals surface area contributed by atoms with E-state index in [-0.39, 0.29) is 0 Å². The Balaban J connectivity index is 2.39. The Hall–Kier alpha value is -0.0400. The minimum absolute atomic E-state index is 0.464. The molecule has 1 aliphatic heterocycles. The highest BCUT2D eigenvalue weighted by molar-refractivity contribution is 4.77. The number of likely N-dealkylation sites (tertiary alicyclic amines) is 1. The molecule has 0 aromatic carbocycles. The van der Waals surface area contributed by atoms with Gasteiger partial charge in [0.05, 0.1) is 0 Å². The van der Waals surface area contributed by atoms with E-state index in [1.165, 1.54) is 32.4 Å². The van der Waals surface area contributed by atoms with Crippen molar-refractivity contribution < 1.29 is 0 Å². The first kappa shape index (κ1) is 10.0. The van der Waals surface area contributed by atoms with Gasteiger partial charge in [0.15, 0.2) is 0 Å². The van der Waals surface area contributed by atoms with Crippen molar-refractivity contribution in [1.29, 1.82) is 0 Å². The lowest BCUT2D eigenvalue weighted by Gasteiger charge is -2.37. The van der Waals surface area contributed by atoms with Crippen LogP contribution in [0.5, 0.6) is 0 Å². The van der Waals surface area contributed by atoms with Crippen LogP contribution in [-0.2, 0) is 0 Å². The summed E-state index contributed by atoms with van der Waals surface area (Å²) in [5, 5.41) is 0. The van der Waals surface area contributed by atoms with Gasteiger partial charge in [-0.15, -0.1) is 0 Å². The molecular weight excluding hydrogens is 146 g/mol. The zero-order valence-corrected chi connectivity index (χ0v) is 9.06. The number of rotatable bonds is 1. The molecule has 12 heavy (non-hydrogen) atoms. The fourth-order valence-corrected chi connectivity index (χ4v) is 2.00. The Morgan fingerprint density at radius 2 is 1.92 bits per heavy atom. The fraction of sp³-hybridized carbons (Fsp3) is 1.00. The van der Waals surface area contributed by atoms with Crippen molar-refractivity contribution in [3.63, 3.8) is 0 Å². The quantitative estimate of drug-likeness (QED) is 0.583. The molecule has 0 bridgehead atoms. The zero-order valence-electron chi connectivity index (χ0n) is 9.06. The van der Waals surface area contributed by atoms with Gasteiger partial charge in [-0.3, -0.25) is 0 Å². The largest absolute Gasteiger partial charge is 0.300 e. The fourth-order valence-electron chi connectivity index (χ4n) is 2.00. The molecule has 1 atom stereocenters. The summed E-state index contributed by atoms with van der Waals surface area (Å²) in [4.78, 5) is 2.64. The highest BCUT2D eigenvalue weighted by Gasteiger charge is 2.22. The molecule has 1 fully saturated rings. The predicted octanol–water partition coefficient (Wildman–Crippen LogP) is 2.91. The molecule has 1 rings (SSSR count). The maximum absolute atomic E-state index is 2.64. The van der Waals surface area contributed by atoms with Crippen LogP contribution in [0.15, 0.2) is 0 Å². The maximum atomic E-state index is 2.64. The van der Waals surface area contributed by atoms with E-state index in [0.717, 1.165) is 6.04 Å². The minimum atomic E-state index is 0.464. The zero-order chi connectivity index (χ0) is 9.19. The van der Waals surface area contributed by atoms with E-state index in [1.807, 2.05) is 0 Å². The van der Waals surface area contributed by atoms with Crippen molar-refractivity contribution in [3.8, 4) is 0 Å². The first-order chi connectivity index (χ1) is 5.49. The Kier molecular flexibility index (Phi) is 3.16. The summed E-state index contributed by atoms with van der Waals surface area (Å²) in [7, 11) is 0. The molecule has 1 heterocycles.